The Morgan fingerprint density at radius 3 is 2.76 bits per heavy atom. The van der Waals surface area contributed by atoms with E-state index >= 15 is 0 Å². The van der Waals surface area contributed by atoms with Gasteiger partial charge < -0.3 is 11.1 Å². The predicted molar refractivity (Wildman–Crippen MR) is 69.4 cm³/mol. The van der Waals surface area contributed by atoms with Crippen molar-refractivity contribution in [1.82, 2.24) is 5.32 Å². The lowest BCUT2D eigenvalue weighted by Crippen LogP contribution is -2.35. The summed E-state index contributed by atoms with van der Waals surface area (Å²) in [6.07, 6.45) is 0.0872. The van der Waals surface area contributed by atoms with Crippen LogP contribution in [0.3, 0.4) is 0 Å². The molecule has 0 radical (unpaired) electrons. The molecule has 0 aliphatic carbocycles. The summed E-state index contributed by atoms with van der Waals surface area (Å²) in [5, 5.41) is 2.98. The standard InChI is InChI=1S/C11H13ClN2O2S/c1-6(4-10(13)15)14-11(16)8-5-7(17)2-3-9(8)12/h2-3,5-6,17H,4H2,1H3,(H2,13,15)(H,14,16). The van der Waals surface area contributed by atoms with Crippen LogP contribution in [0.2, 0.25) is 5.02 Å². The van der Waals surface area contributed by atoms with Crippen LogP contribution in [0.15, 0.2) is 23.1 Å². The maximum absolute atomic E-state index is 11.8. The van der Waals surface area contributed by atoms with Crippen LogP contribution in [-0.2, 0) is 4.79 Å². The largest absolute Gasteiger partial charge is 0.370 e. The van der Waals surface area contributed by atoms with E-state index in [0.717, 1.165) is 0 Å². The van der Waals surface area contributed by atoms with E-state index in [-0.39, 0.29) is 18.4 Å². The zero-order chi connectivity index (χ0) is 13.0. The Morgan fingerprint density at radius 2 is 2.18 bits per heavy atom. The molecule has 0 spiro atoms. The lowest BCUT2D eigenvalue weighted by Gasteiger charge is -2.12. The topological polar surface area (TPSA) is 72.2 Å². The molecule has 1 aromatic rings. The smallest absolute Gasteiger partial charge is 0.253 e. The number of carbonyl (C=O) groups is 2. The molecular weight excluding hydrogens is 260 g/mol. The molecule has 17 heavy (non-hydrogen) atoms. The van der Waals surface area contributed by atoms with Crippen LogP contribution in [0.1, 0.15) is 23.7 Å². The molecule has 1 unspecified atom stereocenters. The van der Waals surface area contributed by atoms with Gasteiger partial charge in [0.2, 0.25) is 5.91 Å². The second-order valence-electron chi connectivity index (χ2n) is 3.71. The second kappa shape index (κ2) is 5.93. The van der Waals surface area contributed by atoms with E-state index in [4.69, 9.17) is 17.3 Å². The van der Waals surface area contributed by atoms with E-state index < -0.39 is 5.91 Å². The SMILES string of the molecule is CC(CC(N)=O)NC(=O)c1cc(S)ccc1Cl. The quantitative estimate of drug-likeness (QED) is 0.729. The number of primary amides is 1. The van der Waals surface area contributed by atoms with Crippen LogP contribution in [0, 0.1) is 0 Å². The van der Waals surface area contributed by atoms with Crippen molar-refractivity contribution >= 4 is 36.0 Å². The molecule has 0 bridgehead atoms. The first kappa shape index (κ1) is 13.9. The average Bonchev–Trinajstić information content (AvgIpc) is 2.20. The number of halogens is 1. The highest BCUT2D eigenvalue weighted by Gasteiger charge is 2.14. The van der Waals surface area contributed by atoms with E-state index in [1.54, 1.807) is 25.1 Å². The predicted octanol–water partition coefficient (Wildman–Crippen LogP) is 1.62. The van der Waals surface area contributed by atoms with Gasteiger partial charge in [0.25, 0.3) is 5.91 Å². The number of hydrogen-bond donors (Lipinski definition) is 3. The van der Waals surface area contributed by atoms with Crippen LogP contribution < -0.4 is 11.1 Å². The molecule has 4 nitrogen and oxygen atoms in total. The number of thiol groups is 1. The van der Waals surface area contributed by atoms with Crippen LogP contribution in [0.4, 0.5) is 0 Å². The highest BCUT2D eigenvalue weighted by Crippen LogP contribution is 2.19. The Balaban J connectivity index is 2.76. The molecule has 0 aliphatic heterocycles. The molecule has 2 amide bonds. The van der Waals surface area contributed by atoms with Gasteiger partial charge in [0.15, 0.2) is 0 Å². The lowest BCUT2D eigenvalue weighted by atomic mass is 10.1. The molecule has 3 N–H and O–H groups in total. The van der Waals surface area contributed by atoms with Crippen molar-refractivity contribution in [3.8, 4) is 0 Å². The Hall–Kier alpha value is -1.20. The number of amides is 2. The van der Waals surface area contributed by atoms with Crippen molar-refractivity contribution in [2.75, 3.05) is 0 Å². The molecule has 0 saturated heterocycles. The third kappa shape index (κ3) is 4.28. The van der Waals surface area contributed by atoms with Gasteiger partial charge in [0, 0.05) is 17.4 Å². The van der Waals surface area contributed by atoms with Crippen molar-refractivity contribution in [2.45, 2.75) is 24.3 Å². The van der Waals surface area contributed by atoms with Crippen molar-refractivity contribution in [3.05, 3.63) is 28.8 Å². The monoisotopic (exact) mass is 272 g/mol. The zero-order valence-corrected chi connectivity index (χ0v) is 10.9. The minimum atomic E-state index is -0.466. The maximum Gasteiger partial charge on any atom is 0.253 e. The molecule has 0 saturated carbocycles. The lowest BCUT2D eigenvalue weighted by molar-refractivity contribution is -0.118. The first-order valence-electron chi connectivity index (χ1n) is 4.98. The Labute approximate surface area is 110 Å². The number of benzene rings is 1. The summed E-state index contributed by atoms with van der Waals surface area (Å²) in [7, 11) is 0. The number of nitrogens with one attached hydrogen (secondary N) is 1. The molecule has 0 aliphatic rings. The normalized spacial score (nSPS) is 11.9. The number of nitrogens with two attached hydrogens (primary N) is 1. The Bertz CT molecular complexity index is 451. The van der Waals surface area contributed by atoms with Gasteiger partial charge in [-0.3, -0.25) is 9.59 Å². The highest BCUT2D eigenvalue weighted by molar-refractivity contribution is 7.80. The summed E-state index contributed by atoms with van der Waals surface area (Å²) < 4.78 is 0. The Kier molecular flexibility index (Phi) is 4.84. The molecule has 92 valence electrons. The molecule has 0 heterocycles. The summed E-state index contributed by atoms with van der Waals surface area (Å²) in [6, 6.07) is 4.52. The molecule has 1 atom stereocenters. The van der Waals surface area contributed by atoms with Gasteiger partial charge in [0.1, 0.15) is 0 Å². The van der Waals surface area contributed by atoms with E-state index in [1.807, 2.05) is 0 Å². The molecule has 6 heteroatoms. The van der Waals surface area contributed by atoms with Crippen molar-refractivity contribution in [1.29, 1.82) is 0 Å². The molecule has 0 aromatic heterocycles. The van der Waals surface area contributed by atoms with Crippen molar-refractivity contribution in [3.63, 3.8) is 0 Å². The third-order valence-corrected chi connectivity index (χ3v) is 2.69. The summed E-state index contributed by atoms with van der Waals surface area (Å²) in [5.41, 5.74) is 5.36. The average molecular weight is 273 g/mol. The fourth-order valence-corrected chi connectivity index (χ4v) is 1.75. The first-order valence-corrected chi connectivity index (χ1v) is 5.80. The van der Waals surface area contributed by atoms with Crippen LogP contribution >= 0.6 is 24.2 Å². The summed E-state index contributed by atoms with van der Waals surface area (Å²) in [4.78, 5) is 23.2. The molecule has 0 fully saturated rings. The van der Waals surface area contributed by atoms with Gasteiger partial charge in [0.05, 0.1) is 10.6 Å². The van der Waals surface area contributed by atoms with E-state index in [9.17, 15) is 9.59 Å². The maximum atomic E-state index is 11.8. The van der Waals surface area contributed by atoms with Gasteiger partial charge in [-0.2, -0.15) is 0 Å². The van der Waals surface area contributed by atoms with E-state index in [2.05, 4.69) is 17.9 Å². The van der Waals surface area contributed by atoms with Crippen molar-refractivity contribution < 1.29 is 9.59 Å². The molecule has 1 aromatic carbocycles. The van der Waals surface area contributed by atoms with E-state index in [0.29, 0.717) is 15.5 Å². The van der Waals surface area contributed by atoms with Crippen LogP contribution in [0.5, 0.6) is 0 Å². The Morgan fingerprint density at radius 1 is 1.53 bits per heavy atom. The summed E-state index contributed by atoms with van der Waals surface area (Å²) in [5.74, 6) is -0.813. The summed E-state index contributed by atoms with van der Waals surface area (Å²) >= 11 is 10.0. The highest BCUT2D eigenvalue weighted by atomic mass is 35.5. The van der Waals surface area contributed by atoms with Gasteiger partial charge in [-0.1, -0.05) is 11.6 Å². The summed E-state index contributed by atoms with van der Waals surface area (Å²) in [6.45, 7) is 1.70. The number of hydrogen-bond acceptors (Lipinski definition) is 3. The third-order valence-electron chi connectivity index (χ3n) is 2.08. The number of carbonyl (C=O) groups excluding carboxylic acids is 2. The second-order valence-corrected chi connectivity index (χ2v) is 4.63. The molecular formula is C11H13ClN2O2S. The fraction of sp³-hybridized carbons (Fsp3) is 0.273. The minimum absolute atomic E-state index is 0.0872. The zero-order valence-electron chi connectivity index (χ0n) is 9.24. The van der Waals surface area contributed by atoms with Gasteiger partial charge in [-0.05, 0) is 25.1 Å². The van der Waals surface area contributed by atoms with E-state index in [1.165, 1.54) is 0 Å². The fourth-order valence-electron chi connectivity index (χ4n) is 1.34. The van der Waals surface area contributed by atoms with Crippen molar-refractivity contribution in [2.24, 2.45) is 5.73 Å². The van der Waals surface area contributed by atoms with Gasteiger partial charge in [-0.25, -0.2) is 0 Å². The number of rotatable bonds is 4. The molecule has 1 rings (SSSR count). The van der Waals surface area contributed by atoms with Crippen LogP contribution in [-0.4, -0.2) is 17.9 Å². The first-order chi connectivity index (χ1) is 7.90. The van der Waals surface area contributed by atoms with Gasteiger partial charge >= 0.3 is 0 Å². The van der Waals surface area contributed by atoms with Gasteiger partial charge in [-0.15, -0.1) is 12.6 Å². The minimum Gasteiger partial charge on any atom is -0.370 e. The van der Waals surface area contributed by atoms with Crippen LogP contribution in [0.25, 0.3) is 0 Å².